The van der Waals surface area contributed by atoms with E-state index in [0.717, 1.165) is 23.9 Å². The Morgan fingerprint density at radius 1 is 1.50 bits per heavy atom. The van der Waals surface area contributed by atoms with Crippen LogP contribution in [0, 0.1) is 11.2 Å². The lowest BCUT2D eigenvalue weighted by Gasteiger charge is -2.23. The summed E-state index contributed by atoms with van der Waals surface area (Å²) in [6.07, 6.45) is 0.905. The molecule has 1 amide bonds. The van der Waals surface area contributed by atoms with Gasteiger partial charge in [-0.25, -0.2) is 4.39 Å². The summed E-state index contributed by atoms with van der Waals surface area (Å²) < 4.78 is 13.0. The summed E-state index contributed by atoms with van der Waals surface area (Å²) in [5, 5.41) is 13.1. The second-order valence-electron chi connectivity index (χ2n) is 4.95. The van der Waals surface area contributed by atoms with Crippen molar-refractivity contribution in [1.82, 2.24) is 5.32 Å². The fourth-order valence-electron chi connectivity index (χ4n) is 1.45. The van der Waals surface area contributed by atoms with Gasteiger partial charge in [0.1, 0.15) is 11.6 Å². The smallest absolute Gasteiger partial charge is 0.255 e. The van der Waals surface area contributed by atoms with Crippen LogP contribution in [0.1, 0.15) is 30.6 Å². The minimum absolute atomic E-state index is 0.0374. The van der Waals surface area contributed by atoms with E-state index in [4.69, 9.17) is 0 Å². The maximum Gasteiger partial charge on any atom is 0.255 e. The second-order valence-corrected chi connectivity index (χ2v) is 5.74. The van der Waals surface area contributed by atoms with Crippen molar-refractivity contribution in [3.05, 3.63) is 29.6 Å². The summed E-state index contributed by atoms with van der Waals surface area (Å²) in [4.78, 5) is 11.8. The quantitative estimate of drug-likeness (QED) is 0.820. The van der Waals surface area contributed by atoms with Gasteiger partial charge in [-0.2, -0.15) is 0 Å². The van der Waals surface area contributed by atoms with Crippen molar-refractivity contribution in [1.29, 1.82) is 0 Å². The lowest BCUT2D eigenvalue weighted by atomic mass is 9.90. The molecule has 0 aliphatic carbocycles. The molecule has 1 aromatic carbocycles. The fraction of sp³-hybridized carbons (Fsp3) is 0.462. The average Bonchev–Trinajstić information content (AvgIpc) is 2.29. The number of alkyl halides is 1. The molecule has 0 heterocycles. The Morgan fingerprint density at radius 3 is 2.78 bits per heavy atom. The molecule has 0 aliphatic rings. The first-order valence-electron chi connectivity index (χ1n) is 5.68. The van der Waals surface area contributed by atoms with E-state index in [0.29, 0.717) is 6.54 Å². The van der Waals surface area contributed by atoms with Gasteiger partial charge in [-0.15, -0.1) is 0 Å². The molecule has 0 unspecified atom stereocenters. The normalized spacial score (nSPS) is 11.3. The minimum atomic E-state index is -0.544. The maximum absolute atomic E-state index is 13.0. The number of aromatic hydroxyl groups is 1. The van der Waals surface area contributed by atoms with Crippen LogP contribution in [-0.4, -0.2) is 22.9 Å². The molecule has 1 rings (SSSR count). The third kappa shape index (κ3) is 4.29. The number of halogens is 2. The summed E-state index contributed by atoms with van der Waals surface area (Å²) in [5.41, 5.74) is -0.0908. The molecule has 0 saturated carbocycles. The van der Waals surface area contributed by atoms with Crippen LogP contribution < -0.4 is 5.32 Å². The van der Waals surface area contributed by atoms with Gasteiger partial charge in [0.25, 0.3) is 5.91 Å². The lowest BCUT2D eigenvalue weighted by Crippen LogP contribution is -2.34. The Morgan fingerprint density at radius 2 is 2.17 bits per heavy atom. The number of phenols is 1. The van der Waals surface area contributed by atoms with Crippen molar-refractivity contribution >= 4 is 21.8 Å². The van der Waals surface area contributed by atoms with Crippen LogP contribution in [0.4, 0.5) is 4.39 Å². The monoisotopic (exact) mass is 317 g/mol. The third-order valence-electron chi connectivity index (χ3n) is 2.70. The SMILES string of the molecule is CC(C)(CCBr)CNC(=O)c1cc(F)ccc1O. The number of carbonyl (C=O) groups is 1. The van der Waals surface area contributed by atoms with Crippen LogP contribution in [0.3, 0.4) is 0 Å². The standard InChI is InChI=1S/C13H17BrFNO2/c1-13(2,5-6-14)8-16-12(18)10-7-9(15)3-4-11(10)17/h3-4,7,17H,5-6,8H2,1-2H3,(H,16,18). The third-order valence-corrected chi connectivity index (χ3v) is 3.10. The summed E-state index contributed by atoms with van der Waals surface area (Å²) >= 11 is 3.36. The van der Waals surface area contributed by atoms with Gasteiger partial charge < -0.3 is 10.4 Å². The first-order valence-corrected chi connectivity index (χ1v) is 6.80. The topological polar surface area (TPSA) is 49.3 Å². The average molecular weight is 318 g/mol. The zero-order chi connectivity index (χ0) is 13.8. The number of rotatable bonds is 5. The molecule has 0 atom stereocenters. The van der Waals surface area contributed by atoms with Gasteiger partial charge in [-0.05, 0) is 30.0 Å². The zero-order valence-corrected chi connectivity index (χ0v) is 12.1. The van der Waals surface area contributed by atoms with E-state index in [9.17, 15) is 14.3 Å². The molecule has 0 fully saturated rings. The highest BCUT2D eigenvalue weighted by atomic mass is 79.9. The van der Waals surface area contributed by atoms with Crippen molar-refractivity contribution in [2.75, 3.05) is 11.9 Å². The van der Waals surface area contributed by atoms with Gasteiger partial charge in [0.15, 0.2) is 0 Å². The summed E-state index contributed by atoms with van der Waals surface area (Å²) in [6, 6.07) is 3.32. The minimum Gasteiger partial charge on any atom is -0.507 e. The number of hydrogen-bond donors (Lipinski definition) is 2. The van der Waals surface area contributed by atoms with Gasteiger partial charge in [-0.3, -0.25) is 4.79 Å². The number of hydrogen-bond acceptors (Lipinski definition) is 2. The molecule has 0 saturated heterocycles. The Labute approximate surface area is 115 Å². The highest BCUT2D eigenvalue weighted by Crippen LogP contribution is 2.21. The van der Waals surface area contributed by atoms with E-state index in [2.05, 4.69) is 21.2 Å². The molecule has 5 heteroatoms. The van der Waals surface area contributed by atoms with Crippen molar-refractivity contribution in [2.24, 2.45) is 5.41 Å². The second kappa shape index (κ2) is 6.18. The Bertz CT molecular complexity index is 435. The Kier molecular flexibility index (Phi) is 5.14. The van der Waals surface area contributed by atoms with Crippen molar-refractivity contribution in [3.63, 3.8) is 0 Å². The van der Waals surface area contributed by atoms with Crippen LogP contribution in [0.2, 0.25) is 0 Å². The van der Waals surface area contributed by atoms with Crippen molar-refractivity contribution < 1.29 is 14.3 Å². The molecule has 0 aromatic heterocycles. The number of carbonyl (C=O) groups excluding carboxylic acids is 1. The summed E-state index contributed by atoms with van der Waals surface area (Å²) in [5.74, 6) is -1.22. The molecule has 0 aliphatic heterocycles. The predicted octanol–water partition coefficient (Wildman–Crippen LogP) is 3.07. The molecule has 2 N–H and O–H groups in total. The molecule has 0 radical (unpaired) electrons. The van der Waals surface area contributed by atoms with E-state index >= 15 is 0 Å². The number of amides is 1. The molecule has 0 spiro atoms. The van der Waals surface area contributed by atoms with E-state index < -0.39 is 11.7 Å². The van der Waals surface area contributed by atoms with Crippen LogP contribution in [0.5, 0.6) is 5.75 Å². The largest absolute Gasteiger partial charge is 0.507 e. The molecule has 3 nitrogen and oxygen atoms in total. The van der Waals surface area contributed by atoms with Crippen LogP contribution in [0.25, 0.3) is 0 Å². The highest BCUT2D eigenvalue weighted by Gasteiger charge is 2.19. The molecular formula is C13H17BrFNO2. The summed E-state index contributed by atoms with van der Waals surface area (Å²) in [7, 11) is 0. The van der Waals surface area contributed by atoms with Gasteiger partial charge in [0.2, 0.25) is 0 Å². The number of phenolic OH excluding ortho intramolecular Hbond substituents is 1. The summed E-state index contributed by atoms with van der Waals surface area (Å²) in [6.45, 7) is 4.52. The van der Waals surface area contributed by atoms with Gasteiger partial charge in [-0.1, -0.05) is 29.8 Å². The Hall–Kier alpha value is -1.10. The van der Waals surface area contributed by atoms with E-state index in [-0.39, 0.29) is 16.7 Å². The van der Waals surface area contributed by atoms with Crippen molar-refractivity contribution in [2.45, 2.75) is 20.3 Å². The molecule has 18 heavy (non-hydrogen) atoms. The van der Waals surface area contributed by atoms with E-state index in [1.54, 1.807) is 0 Å². The molecular weight excluding hydrogens is 301 g/mol. The molecule has 0 bridgehead atoms. The number of nitrogens with one attached hydrogen (secondary N) is 1. The van der Waals surface area contributed by atoms with Gasteiger partial charge in [0, 0.05) is 11.9 Å². The Balaban J connectivity index is 2.69. The maximum atomic E-state index is 13.0. The van der Waals surface area contributed by atoms with Crippen molar-refractivity contribution in [3.8, 4) is 5.75 Å². The van der Waals surface area contributed by atoms with Crippen LogP contribution >= 0.6 is 15.9 Å². The first-order chi connectivity index (χ1) is 8.35. The molecule has 1 aromatic rings. The van der Waals surface area contributed by atoms with E-state index in [1.165, 1.54) is 6.07 Å². The fourth-order valence-corrected chi connectivity index (χ4v) is 2.52. The van der Waals surface area contributed by atoms with Crippen LogP contribution in [-0.2, 0) is 0 Å². The predicted molar refractivity (Wildman–Crippen MR) is 72.6 cm³/mol. The first kappa shape index (κ1) is 15.0. The van der Waals surface area contributed by atoms with Gasteiger partial charge >= 0.3 is 0 Å². The number of benzene rings is 1. The van der Waals surface area contributed by atoms with Crippen LogP contribution in [0.15, 0.2) is 18.2 Å². The molecule has 100 valence electrons. The zero-order valence-electron chi connectivity index (χ0n) is 10.5. The van der Waals surface area contributed by atoms with E-state index in [1.807, 2.05) is 13.8 Å². The van der Waals surface area contributed by atoms with Gasteiger partial charge in [0.05, 0.1) is 5.56 Å². The highest BCUT2D eigenvalue weighted by molar-refractivity contribution is 9.09. The lowest BCUT2D eigenvalue weighted by molar-refractivity contribution is 0.0933.